The molecule has 0 aromatic heterocycles. The Bertz CT molecular complexity index is 764. The Labute approximate surface area is 135 Å². The van der Waals surface area contributed by atoms with E-state index in [1.54, 1.807) is 0 Å². The molecule has 0 amide bonds. The number of sulfone groups is 1. The lowest BCUT2D eigenvalue weighted by Gasteiger charge is -2.27. The fraction of sp³-hybridized carbons (Fsp3) is 0.538. The summed E-state index contributed by atoms with van der Waals surface area (Å²) in [5, 5.41) is -0.281. The van der Waals surface area contributed by atoms with Crippen LogP contribution in [-0.2, 0) is 19.9 Å². The molecule has 1 atom stereocenters. The van der Waals surface area contributed by atoms with Gasteiger partial charge in [0.05, 0.1) is 21.4 Å². The summed E-state index contributed by atoms with van der Waals surface area (Å²) in [6, 6.07) is 2.60. The van der Waals surface area contributed by atoms with E-state index in [9.17, 15) is 21.2 Å². The zero-order valence-corrected chi connectivity index (χ0v) is 14.4. The Hall–Kier alpha value is -0.700. The summed E-state index contributed by atoms with van der Waals surface area (Å²) in [7, 11) is -7.13. The van der Waals surface area contributed by atoms with Crippen molar-refractivity contribution in [3.63, 3.8) is 0 Å². The second-order valence-corrected chi connectivity index (χ2v) is 9.78. The Balaban J connectivity index is 2.40. The van der Waals surface area contributed by atoms with E-state index in [4.69, 9.17) is 11.6 Å². The van der Waals surface area contributed by atoms with Crippen molar-refractivity contribution in [3.8, 4) is 0 Å². The molecule has 2 rings (SSSR count). The van der Waals surface area contributed by atoms with E-state index in [2.05, 4.69) is 0 Å². The monoisotopic (exact) mass is 369 g/mol. The van der Waals surface area contributed by atoms with Crippen LogP contribution in [0.3, 0.4) is 0 Å². The van der Waals surface area contributed by atoms with Gasteiger partial charge in [0.1, 0.15) is 5.82 Å². The number of benzene rings is 1. The average molecular weight is 370 g/mol. The molecule has 0 radical (unpaired) electrons. The second-order valence-electron chi connectivity index (χ2n) is 5.25. The van der Waals surface area contributed by atoms with Crippen molar-refractivity contribution in [2.24, 2.45) is 0 Å². The smallest absolute Gasteiger partial charge is 0.229 e. The highest BCUT2D eigenvalue weighted by molar-refractivity contribution is 7.92. The first-order valence-electron chi connectivity index (χ1n) is 6.84. The molecule has 5 nitrogen and oxygen atoms in total. The molecule has 124 valence electrons. The standard InChI is InChI=1S/C13H17ClFNO4S2/c1-2-6-16(10-5-7-21(17,18)9-10)22(19,20)11-3-4-13(15)12(14)8-11/h3-4,8,10H,2,5-7,9H2,1H3/t10-/m1/s1. The molecule has 0 spiro atoms. The van der Waals surface area contributed by atoms with E-state index in [0.717, 1.165) is 18.2 Å². The Morgan fingerprint density at radius 3 is 2.59 bits per heavy atom. The largest absolute Gasteiger partial charge is 0.243 e. The van der Waals surface area contributed by atoms with Crippen LogP contribution in [0.5, 0.6) is 0 Å². The van der Waals surface area contributed by atoms with Gasteiger partial charge in [-0.1, -0.05) is 18.5 Å². The number of hydrogen-bond acceptors (Lipinski definition) is 4. The van der Waals surface area contributed by atoms with Gasteiger partial charge in [0, 0.05) is 12.6 Å². The van der Waals surface area contributed by atoms with Gasteiger partial charge in [-0.2, -0.15) is 4.31 Å². The highest BCUT2D eigenvalue weighted by atomic mass is 35.5. The Kier molecular flexibility index (Phi) is 5.16. The zero-order valence-electron chi connectivity index (χ0n) is 12.0. The molecule has 9 heteroatoms. The van der Waals surface area contributed by atoms with Crippen molar-refractivity contribution in [2.75, 3.05) is 18.1 Å². The number of sulfonamides is 1. The minimum absolute atomic E-state index is 0.0163. The number of nitrogens with zero attached hydrogens (tertiary/aromatic N) is 1. The van der Waals surface area contributed by atoms with E-state index < -0.39 is 31.7 Å². The van der Waals surface area contributed by atoms with Crippen LogP contribution in [0, 0.1) is 5.82 Å². The molecule has 0 N–H and O–H groups in total. The predicted molar refractivity (Wildman–Crippen MR) is 82.7 cm³/mol. The minimum Gasteiger partial charge on any atom is -0.229 e. The molecule has 0 bridgehead atoms. The lowest BCUT2D eigenvalue weighted by molar-refractivity contribution is 0.340. The second kappa shape index (κ2) is 6.43. The molecule has 0 saturated carbocycles. The topological polar surface area (TPSA) is 71.5 Å². The summed E-state index contributed by atoms with van der Waals surface area (Å²) in [5.41, 5.74) is 0. The van der Waals surface area contributed by atoms with Crippen LogP contribution in [0.15, 0.2) is 23.1 Å². The summed E-state index contributed by atoms with van der Waals surface area (Å²) in [6.07, 6.45) is 0.821. The van der Waals surface area contributed by atoms with Gasteiger partial charge in [-0.25, -0.2) is 21.2 Å². The van der Waals surface area contributed by atoms with Gasteiger partial charge in [0.25, 0.3) is 0 Å². The maximum Gasteiger partial charge on any atom is 0.243 e. The normalized spacial score (nSPS) is 21.4. The van der Waals surface area contributed by atoms with E-state index in [1.165, 1.54) is 4.31 Å². The van der Waals surface area contributed by atoms with E-state index in [-0.39, 0.29) is 34.4 Å². The molecule has 1 aromatic carbocycles. The van der Waals surface area contributed by atoms with Crippen molar-refractivity contribution in [3.05, 3.63) is 29.0 Å². The Morgan fingerprint density at radius 1 is 1.41 bits per heavy atom. The van der Waals surface area contributed by atoms with E-state index in [0.29, 0.717) is 6.42 Å². The van der Waals surface area contributed by atoms with Gasteiger partial charge in [-0.3, -0.25) is 0 Å². The van der Waals surface area contributed by atoms with Crippen molar-refractivity contribution in [1.82, 2.24) is 4.31 Å². The van der Waals surface area contributed by atoms with Crippen LogP contribution >= 0.6 is 11.6 Å². The maximum atomic E-state index is 13.2. The van der Waals surface area contributed by atoms with Crippen LogP contribution in [0.2, 0.25) is 5.02 Å². The third kappa shape index (κ3) is 3.61. The molecular weight excluding hydrogens is 353 g/mol. The van der Waals surface area contributed by atoms with Crippen LogP contribution in [-0.4, -0.2) is 45.2 Å². The van der Waals surface area contributed by atoms with Gasteiger partial charge >= 0.3 is 0 Å². The first-order valence-corrected chi connectivity index (χ1v) is 10.5. The number of hydrogen-bond donors (Lipinski definition) is 0. The van der Waals surface area contributed by atoms with Gasteiger partial charge in [-0.05, 0) is 31.0 Å². The van der Waals surface area contributed by atoms with Crippen molar-refractivity contribution >= 4 is 31.5 Å². The van der Waals surface area contributed by atoms with Gasteiger partial charge in [0.15, 0.2) is 9.84 Å². The van der Waals surface area contributed by atoms with Gasteiger partial charge in [0.2, 0.25) is 10.0 Å². The lowest BCUT2D eigenvalue weighted by Crippen LogP contribution is -2.41. The number of rotatable bonds is 5. The molecule has 1 heterocycles. The van der Waals surface area contributed by atoms with Crippen molar-refractivity contribution in [2.45, 2.75) is 30.7 Å². The molecular formula is C13H17ClFNO4S2. The molecule has 1 fully saturated rings. The van der Waals surface area contributed by atoms with Crippen LogP contribution in [0.4, 0.5) is 4.39 Å². The highest BCUT2D eigenvalue weighted by Gasteiger charge is 2.38. The average Bonchev–Trinajstić information content (AvgIpc) is 2.78. The fourth-order valence-corrected chi connectivity index (χ4v) is 6.34. The van der Waals surface area contributed by atoms with Crippen LogP contribution in [0.25, 0.3) is 0 Å². The summed E-state index contributed by atoms with van der Waals surface area (Å²) in [5.74, 6) is -0.898. The van der Waals surface area contributed by atoms with Crippen LogP contribution < -0.4 is 0 Å². The van der Waals surface area contributed by atoms with Crippen LogP contribution in [0.1, 0.15) is 19.8 Å². The SMILES string of the molecule is CCCN([C@@H]1CCS(=O)(=O)C1)S(=O)(=O)c1ccc(F)c(Cl)c1. The predicted octanol–water partition coefficient (Wildman–Crippen LogP) is 2.07. The summed E-state index contributed by atoms with van der Waals surface area (Å²) in [6.45, 7) is 2.02. The zero-order chi connectivity index (χ0) is 16.5. The minimum atomic E-state index is -3.92. The molecule has 1 aliphatic rings. The van der Waals surface area contributed by atoms with Crippen molar-refractivity contribution < 1.29 is 21.2 Å². The molecule has 22 heavy (non-hydrogen) atoms. The molecule has 1 aliphatic heterocycles. The first-order chi connectivity index (χ1) is 10.2. The lowest BCUT2D eigenvalue weighted by atomic mass is 10.2. The molecule has 0 unspecified atom stereocenters. The quantitative estimate of drug-likeness (QED) is 0.796. The molecule has 1 saturated heterocycles. The fourth-order valence-electron chi connectivity index (χ4n) is 2.49. The third-order valence-electron chi connectivity index (χ3n) is 3.56. The van der Waals surface area contributed by atoms with Crippen molar-refractivity contribution in [1.29, 1.82) is 0 Å². The van der Waals surface area contributed by atoms with Gasteiger partial charge < -0.3 is 0 Å². The number of halogens is 2. The van der Waals surface area contributed by atoms with E-state index in [1.807, 2.05) is 6.92 Å². The maximum absolute atomic E-state index is 13.2. The summed E-state index contributed by atoms with van der Waals surface area (Å²) >= 11 is 5.65. The Morgan fingerprint density at radius 2 is 2.09 bits per heavy atom. The molecule has 1 aromatic rings. The summed E-state index contributed by atoms with van der Waals surface area (Å²) < 4.78 is 63.1. The van der Waals surface area contributed by atoms with Gasteiger partial charge in [-0.15, -0.1) is 0 Å². The highest BCUT2D eigenvalue weighted by Crippen LogP contribution is 2.27. The first kappa shape index (κ1) is 17.7. The third-order valence-corrected chi connectivity index (χ3v) is 7.55. The molecule has 0 aliphatic carbocycles. The van der Waals surface area contributed by atoms with E-state index >= 15 is 0 Å². The summed E-state index contributed by atoms with van der Waals surface area (Å²) in [4.78, 5) is -0.128.